The van der Waals surface area contributed by atoms with Crippen LogP contribution >= 0.6 is 0 Å². The summed E-state index contributed by atoms with van der Waals surface area (Å²) in [4.78, 5) is 23.2. The van der Waals surface area contributed by atoms with E-state index in [1.165, 1.54) is 6.92 Å². The molecule has 0 aliphatic carbocycles. The lowest BCUT2D eigenvalue weighted by Crippen LogP contribution is -2.28. The van der Waals surface area contributed by atoms with Gasteiger partial charge in [0.2, 0.25) is 0 Å². The molecule has 6 nitrogen and oxygen atoms in total. The van der Waals surface area contributed by atoms with Crippen molar-refractivity contribution in [2.24, 2.45) is 0 Å². The molecule has 0 spiro atoms. The molecule has 1 N–H and O–H groups in total. The summed E-state index contributed by atoms with van der Waals surface area (Å²) in [5, 5.41) is 2.82. The van der Waals surface area contributed by atoms with Crippen molar-refractivity contribution in [1.29, 1.82) is 0 Å². The molecule has 28 heavy (non-hydrogen) atoms. The Morgan fingerprint density at radius 2 is 1.71 bits per heavy atom. The van der Waals surface area contributed by atoms with Crippen LogP contribution in [0.3, 0.4) is 0 Å². The first-order valence-corrected chi connectivity index (χ1v) is 9.44. The van der Waals surface area contributed by atoms with Crippen LogP contribution < -0.4 is 14.8 Å². The first-order valence-electron chi connectivity index (χ1n) is 9.44. The molecule has 1 heterocycles. The third-order valence-electron chi connectivity index (χ3n) is 4.50. The molecule has 1 aliphatic rings. The van der Waals surface area contributed by atoms with E-state index in [9.17, 15) is 9.59 Å². The molecule has 1 unspecified atom stereocenters. The molecule has 0 saturated carbocycles. The van der Waals surface area contributed by atoms with E-state index in [2.05, 4.69) is 5.32 Å². The summed E-state index contributed by atoms with van der Waals surface area (Å²) >= 11 is 0. The van der Waals surface area contributed by atoms with Crippen molar-refractivity contribution in [1.82, 2.24) is 5.32 Å². The Morgan fingerprint density at radius 3 is 2.36 bits per heavy atom. The maximum absolute atomic E-state index is 12.0. The van der Waals surface area contributed by atoms with Gasteiger partial charge in [0.05, 0.1) is 6.10 Å². The summed E-state index contributed by atoms with van der Waals surface area (Å²) < 4.78 is 16.7. The predicted molar refractivity (Wildman–Crippen MR) is 105 cm³/mol. The summed E-state index contributed by atoms with van der Waals surface area (Å²) in [7, 11) is 0. The predicted octanol–water partition coefficient (Wildman–Crippen LogP) is 3.14. The van der Waals surface area contributed by atoms with Gasteiger partial charge < -0.3 is 19.5 Å². The van der Waals surface area contributed by atoms with Crippen LogP contribution in [-0.4, -0.2) is 37.6 Å². The average molecular weight is 383 g/mol. The highest BCUT2D eigenvalue weighted by atomic mass is 16.5. The molecule has 1 saturated heterocycles. The van der Waals surface area contributed by atoms with Crippen molar-refractivity contribution in [3.05, 3.63) is 59.7 Å². The van der Waals surface area contributed by atoms with Crippen molar-refractivity contribution in [3.8, 4) is 11.5 Å². The van der Waals surface area contributed by atoms with E-state index in [0.29, 0.717) is 24.5 Å². The van der Waals surface area contributed by atoms with Crippen molar-refractivity contribution in [3.63, 3.8) is 0 Å². The van der Waals surface area contributed by atoms with E-state index >= 15 is 0 Å². The number of nitrogens with one attached hydrogen (secondary N) is 1. The maximum Gasteiger partial charge on any atom is 0.258 e. The zero-order chi connectivity index (χ0) is 19.8. The molecule has 1 amide bonds. The maximum atomic E-state index is 12.0. The molecule has 0 aromatic heterocycles. The minimum atomic E-state index is -0.214. The first kappa shape index (κ1) is 19.9. The number of hydrogen-bond donors (Lipinski definition) is 1. The van der Waals surface area contributed by atoms with Gasteiger partial charge in [0.1, 0.15) is 18.1 Å². The quantitative estimate of drug-likeness (QED) is 0.674. The fourth-order valence-corrected chi connectivity index (χ4v) is 2.85. The van der Waals surface area contributed by atoms with Crippen LogP contribution in [0.4, 0.5) is 0 Å². The average Bonchev–Trinajstić information content (AvgIpc) is 3.24. The van der Waals surface area contributed by atoms with Gasteiger partial charge in [-0.15, -0.1) is 0 Å². The molecule has 1 atom stereocenters. The molecule has 148 valence electrons. The number of rotatable bonds is 9. The molecular formula is C22H25NO5. The van der Waals surface area contributed by atoms with Crippen molar-refractivity contribution < 1.29 is 23.8 Å². The van der Waals surface area contributed by atoms with Crippen LogP contribution in [0.1, 0.15) is 35.7 Å². The molecule has 0 radical (unpaired) electrons. The number of carbonyl (C=O) groups is 2. The second-order valence-corrected chi connectivity index (χ2v) is 6.74. The summed E-state index contributed by atoms with van der Waals surface area (Å²) in [6.07, 6.45) is 2.34. The largest absolute Gasteiger partial charge is 0.491 e. The lowest BCUT2D eigenvalue weighted by Gasteiger charge is -2.12. The topological polar surface area (TPSA) is 73.9 Å². The number of ketones is 1. The SMILES string of the molecule is CC(=O)c1ccc(OCC(=O)NCc2ccc(OCC3CCCO3)cc2)cc1. The molecule has 0 bridgehead atoms. The van der Waals surface area contributed by atoms with Crippen LogP contribution in [0.15, 0.2) is 48.5 Å². The van der Waals surface area contributed by atoms with E-state index < -0.39 is 0 Å². The van der Waals surface area contributed by atoms with Crippen LogP contribution in [0.5, 0.6) is 11.5 Å². The second kappa shape index (κ2) is 9.90. The molecule has 2 aromatic rings. The smallest absolute Gasteiger partial charge is 0.258 e. The fraction of sp³-hybridized carbons (Fsp3) is 0.364. The second-order valence-electron chi connectivity index (χ2n) is 6.74. The number of hydrogen-bond acceptors (Lipinski definition) is 5. The van der Waals surface area contributed by atoms with Gasteiger partial charge in [0, 0.05) is 18.7 Å². The van der Waals surface area contributed by atoms with Gasteiger partial charge in [-0.3, -0.25) is 9.59 Å². The molecule has 3 rings (SSSR count). The lowest BCUT2D eigenvalue weighted by molar-refractivity contribution is -0.123. The van der Waals surface area contributed by atoms with Gasteiger partial charge in [-0.2, -0.15) is 0 Å². The van der Waals surface area contributed by atoms with Crippen LogP contribution in [0.2, 0.25) is 0 Å². The number of Topliss-reactive ketones (excluding diaryl/α,β-unsaturated/α-hetero) is 1. The Balaban J connectivity index is 1.37. The van der Waals surface area contributed by atoms with Gasteiger partial charge >= 0.3 is 0 Å². The molecule has 1 aliphatic heterocycles. The molecule has 2 aromatic carbocycles. The van der Waals surface area contributed by atoms with Crippen molar-refractivity contribution in [2.75, 3.05) is 19.8 Å². The summed E-state index contributed by atoms with van der Waals surface area (Å²) in [5.41, 5.74) is 1.59. The van der Waals surface area contributed by atoms with Crippen LogP contribution in [0.25, 0.3) is 0 Å². The highest BCUT2D eigenvalue weighted by Crippen LogP contribution is 2.17. The third kappa shape index (κ3) is 6.09. The number of benzene rings is 2. The molecular weight excluding hydrogens is 358 g/mol. The Hall–Kier alpha value is -2.86. The van der Waals surface area contributed by atoms with Crippen LogP contribution in [0, 0.1) is 0 Å². The van der Waals surface area contributed by atoms with E-state index in [1.807, 2.05) is 24.3 Å². The zero-order valence-corrected chi connectivity index (χ0v) is 16.0. The normalized spacial score (nSPS) is 15.8. The van der Waals surface area contributed by atoms with Gasteiger partial charge in [0.25, 0.3) is 5.91 Å². The molecule has 6 heteroatoms. The number of carbonyl (C=O) groups excluding carboxylic acids is 2. The number of ether oxygens (including phenoxy) is 3. The third-order valence-corrected chi connectivity index (χ3v) is 4.50. The highest BCUT2D eigenvalue weighted by Gasteiger charge is 2.15. The Kier molecular flexibility index (Phi) is 7.03. The van der Waals surface area contributed by atoms with Crippen molar-refractivity contribution >= 4 is 11.7 Å². The minimum absolute atomic E-state index is 0.00687. The van der Waals surface area contributed by atoms with E-state index in [-0.39, 0.29) is 24.4 Å². The summed E-state index contributed by atoms with van der Waals surface area (Å²) in [5.74, 6) is 1.12. The van der Waals surface area contributed by atoms with Gasteiger partial charge in [-0.1, -0.05) is 12.1 Å². The van der Waals surface area contributed by atoms with Crippen LogP contribution in [-0.2, 0) is 16.1 Å². The fourth-order valence-electron chi connectivity index (χ4n) is 2.85. The lowest BCUT2D eigenvalue weighted by atomic mass is 10.1. The van der Waals surface area contributed by atoms with Gasteiger partial charge in [-0.05, 0) is 61.7 Å². The Labute approximate surface area is 164 Å². The van der Waals surface area contributed by atoms with E-state index in [4.69, 9.17) is 14.2 Å². The minimum Gasteiger partial charge on any atom is -0.491 e. The summed E-state index contributed by atoms with van der Waals surface area (Å²) in [6.45, 7) is 3.23. The first-order chi connectivity index (χ1) is 13.6. The standard InChI is InChI=1S/C22H25NO5/c1-16(24)18-6-10-20(11-7-18)28-15-22(25)23-13-17-4-8-19(9-5-17)27-14-21-3-2-12-26-21/h4-11,21H,2-3,12-15H2,1H3,(H,23,25). The Morgan fingerprint density at radius 1 is 1.04 bits per heavy atom. The molecule has 1 fully saturated rings. The van der Waals surface area contributed by atoms with E-state index in [0.717, 1.165) is 30.8 Å². The van der Waals surface area contributed by atoms with E-state index in [1.54, 1.807) is 24.3 Å². The summed E-state index contributed by atoms with van der Waals surface area (Å²) in [6, 6.07) is 14.3. The van der Waals surface area contributed by atoms with Crippen molar-refractivity contribution in [2.45, 2.75) is 32.4 Å². The number of amides is 1. The zero-order valence-electron chi connectivity index (χ0n) is 16.0. The van der Waals surface area contributed by atoms with Gasteiger partial charge in [0.15, 0.2) is 12.4 Å². The van der Waals surface area contributed by atoms with Gasteiger partial charge in [-0.25, -0.2) is 0 Å². The highest BCUT2D eigenvalue weighted by molar-refractivity contribution is 5.94. The Bertz CT molecular complexity index is 780. The monoisotopic (exact) mass is 383 g/mol.